The van der Waals surface area contributed by atoms with E-state index in [0.717, 1.165) is 16.9 Å². The Morgan fingerprint density at radius 3 is 2.00 bits per heavy atom. The van der Waals surface area contributed by atoms with Crippen LogP contribution in [-0.2, 0) is 9.59 Å². The maximum atomic E-state index is 11.2. The van der Waals surface area contributed by atoms with Crippen LogP contribution in [0.4, 0.5) is 0 Å². The predicted octanol–water partition coefficient (Wildman–Crippen LogP) is 5.81. The topological polar surface area (TPSA) is 72.8 Å². The molecule has 158 valence electrons. The van der Waals surface area contributed by atoms with E-state index in [1.807, 2.05) is 26.8 Å². The number of aryl methyl sites for hydroxylation is 2. The molecule has 1 atom stereocenters. The number of aliphatic carboxylic acids is 1. The van der Waals surface area contributed by atoms with E-state index in [-0.39, 0.29) is 11.7 Å². The number of thioether (sulfide) groups is 1. The van der Waals surface area contributed by atoms with Gasteiger partial charge in [0.15, 0.2) is 12.7 Å². The lowest BCUT2D eigenvalue weighted by molar-refractivity contribution is -0.144. The van der Waals surface area contributed by atoms with E-state index in [0.29, 0.717) is 21.5 Å². The van der Waals surface area contributed by atoms with Gasteiger partial charge in [-0.05, 0) is 74.0 Å². The van der Waals surface area contributed by atoms with Gasteiger partial charge in [0, 0.05) is 10.0 Å². The molecule has 0 fully saturated rings. The molecule has 0 heterocycles. The fourth-order valence-corrected chi connectivity index (χ4v) is 3.02. The van der Waals surface area contributed by atoms with Gasteiger partial charge in [-0.15, -0.1) is 0 Å². The Hall–Kier alpha value is -1.89. The maximum absolute atomic E-state index is 11.2. The summed E-state index contributed by atoms with van der Waals surface area (Å²) in [4.78, 5) is 21.7. The molecule has 1 N–H and O–H groups in total. The van der Waals surface area contributed by atoms with Gasteiger partial charge in [-0.2, -0.15) is 0 Å². The second-order valence-corrected chi connectivity index (χ2v) is 8.21. The highest BCUT2D eigenvalue weighted by Gasteiger charge is 2.13. The van der Waals surface area contributed by atoms with E-state index in [1.54, 1.807) is 30.3 Å². The highest BCUT2D eigenvalue weighted by molar-refractivity contribution is 8.13. The van der Waals surface area contributed by atoms with E-state index >= 15 is 0 Å². The van der Waals surface area contributed by atoms with Crippen LogP contribution in [0.25, 0.3) is 0 Å². The van der Waals surface area contributed by atoms with E-state index in [4.69, 9.17) is 37.8 Å². The Labute approximate surface area is 185 Å². The van der Waals surface area contributed by atoms with Gasteiger partial charge < -0.3 is 14.6 Å². The standard InChI is InChI=1S/C11H13ClO2S.C10H11ClO3/c1-3-15-11(13)7-14-10-5-4-9(12)6-8(10)2;1-6-5-8(11)3-4-9(6)14-7(2)10(12)13/h4-6H,3,7H2,1-2H3;3-5,7H,1-2H3,(H,12,13). The number of rotatable bonds is 7. The molecule has 8 heteroatoms. The van der Waals surface area contributed by atoms with Crippen molar-refractivity contribution in [3.63, 3.8) is 0 Å². The van der Waals surface area contributed by atoms with Crippen LogP contribution >= 0.6 is 35.0 Å². The summed E-state index contributed by atoms with van der Waals surface area (Å²) in [5, 5.41) is 9.97. The van der Waals surface area contributed by atoms with Gasteiger partial charge in [-0.1, -0.05) is 41.9 Å². The summed E-state index contributed by atoms with van der Waals surface area (Å²) in [5.41, 5.74) is 1.77. The molecule has 2 aromatic rings. The van der Waals surface area contributed by atoms with Gasteiger partial charge in [0.05, 0.1) is 0 Å². The fourth-order valence-electron chi connectivity index (χ4n) is 2.10. The largest absolute Gasteiger partial charge is 0.485 e. The van der Waals surface area contributed by atoms with E-state index in [2.05, 4.69) is 0 Å². The number of carbonyl (C=O) groups is 2. The summed E-state index contributed by atoms with van der Waals surface area (Å²) in [6.07, 6.45) is -0.852. The Morgan fingerprint density at radius 1 is 1.03 bits per heavy atom. The number of carbonyl (C=O) groups excluding carboxylic acids is 1. The summed E-state index contributed by atoms with van der Waals surface area (Å²) >= 11 is 12.8. The molecule has 0 bridgehead atoms. The zero-order chi connectivity index (χ0) is 22.0. The molecule has 0 spiro atoms. The number of carboxylic acids is 1. The monoisotopic (exact) mass is 458 g/mol. The van der Waals surface area contributed by atoms with Crippen molar-refractivity contribution in [1.82, 2.24) is 0 Å². The van der Waals surface area contributed by atoms with Crippen LogP contribution in [0, 0.1) is 13.8 Å². The molecule has 0 aromatic heterocycles. The third-order valence-corrected chi connectivity index (χ3v) is 4.78. The summed E-state index contributed by atoms with van der Waals surface area (Å²) < 4.78 is 10.6. The average molecular weight is 459 g/mol. The van der Waals surface area contributed by atoms with Gasteiger partial charge in [0.2, 0.25) is 5.12 Å². The van der Waals surface area contributed by atoms with Crippen LogP contribution in [0.1, 0.15) is 25.0 Å². The molecule has 0 aliphatic heterocycles. The minimum atomic E-state index is -0.987. The molecule has 1 unspecified atom stereocenters. The highest BCUT2D eigenvalue weighted by atomic mass is 35.5. The van der Waals surface area contributed by atoms with Crippen molar-refractivity contribution in [1.29, 1.82) is 0 Å². The molecule has 29 heavy (non-hydrogen) atoms. The van der Waals surface area contributed by atoms with E-state index in [1.165, 1.54) is 18.7 Å². The average Bonchev–Trinajstić information content (AvgIpc) is 2.64. The summed E-state index contributed by atoms with van der Waals surface area (Å²) in [5.74, 6) is 1.05. The van der Waals surface area contributed by atoms with Crippen molar-refractivity contribution in [3.8, 4) is 11.5 Å². The molecule has 0 saturated carbocycles. The Kier molecular flexibility index (Phi) is 10.9. The van der Waals surface area contributed by atoms with Crippen LogP contribution in [0.5, 0.6) is 11.5 Å². The SMILES string of the molecule is CCSC(=O)COc1ccc(Cl)cc1C.Cc1cc(Cl)ccc1OC(C)C(=O)O. The van der Waals surface area contributed by atoms with Crippen LogP contribution in [0.2, 0.25) is 10.0 Å². The number of ether oxygens (including phenoxy) is 2. The highest BCUT2D eigenvalue weighted by Crippen LogP contribution is 2.23. The summed E-state index contributed by atoms with van der Waals surface area (Å²) in [6, 6.07) is 10.4. The molecule has 0 aliphatic carbocycles. The number of halogens is 2. The van der Waals surface area contributed by atoms with Crippen LogP contribution in [-0.4, -0.2) is 34.7 Å². The first-order valence-corrected chi connectivity index (χ1v) is 10.6. The normalized spacial score (nSPS) is 11.1. The lowest BCUT2D eigenvalue weighted by Gasteiger charge is -2.12. The number of benzene rings is 2. The van der Waals surface area contributed by atoms with Crippen LogP contribution in [0.15, 0.2) is 36.4 Å². The lowest BCUT2D eigenvalue weighted by atomic mass is 10.2. The second-order valence-electron chi connectivity index (χ2n) is 6.01. The molecule has 2 rings (SSSR count). The van der Waals surface area contributed by atoms with Crippen LogP contribution in [0.3, 0.4) is 0 Å². The van der Waals surface area contributed by atoms with Crippen LogP contribution < -0.4 is 9.47 Å². The van der Waals surface area contributed by atoms with Gasteiger partial charge >= 0.3 is 5.97 Å². The van der Waals surface area contributed by atoms with Crippen molar-refractivity contribution in [2.75, 3.05) is 12.4 Å². The van der Waals surface area contributed by atoms with Gasteiger partial charge in [0.25, 0.3) is 0 Å². The fraction of sp³-hybridized carbons (Fsp3) is 0.333. The minimum Gasteiger partial charge on any atom is -0.485 e. The van der Waals surface area contributed by atoms with E-state index in [9.17, 15) is 9.59 Å². The first-order chi connectivity index (χ1) is 13.6. The van der Waals surface area contributed by atoms with Crippen molar-refractivity contribution in [2.24, 2.45) is 0 Å². The third kappa shape index (κ3) is 9.43. The molecular weight excluding hydrogens is 435 g/mol. The van der Waals surface area contributed by atoms with Crippen molar-refractivity contribution in [2.45, 2.75) is 33.8 Å². The first kappa shape index (κ1) is 25.1. The van der Waals surface area contributed by atoms with Crippen molar-refractivity contribution >= 4 is 46.0 Å². The Morgan fingerprint density at radius 2 is 1.55 bits per heavy atom. The van der Waals surface area contributed by atoms with Crippen molar-refractivity contribution in [3.05, 3.63) is 57.6 Å². The summed E-state index contributed by atoms with van der Waals surface area (Å²) in [6.45, 7) is 7.25. The molecular formula is C21H24Cl2O5S. The van der Waals surface area contributed by atoms with Gasteiger partial charge in [-0.25, -0.2) is 4.79 Å². The molecule has 2 aromatic carbocycles. The molecule has 0 amide bonds. The van der Waals surface area contributed by atoms with Crippen molar-refractivity contribution < 1.29 is 24.2 Å². The minimum absolute atomic E-state index is 0.0480. The Balaban J connectivity index is 0.000000291. The second kappa shape index (κ2) is 12.6. The molecule has 0 radical (unpaired) electrons. The first-order valence-electron chi connectivity index (χ1n) is 8.84. The molecule has 0 aliphatic rings. The number of carboxylic acid groups (broad SMARTS) is 1. The predicted molar refractivity (Wildman–Crippen MR) is 119 cm³/mol. The summed E-state index contributed by atoms with van der Waals surface area (Å²) in [7, 11) is 0. The number of hydrogen-bond acceptors (Lipinski definition) is 5. The zero-order valence-electron chi connectivity index (χ0n) is 16.7. The quantitative estimate of drug-likeness (QED) is 0.564. The molecule has 0 saturated heterocycles. The zero-order valence-corrected chi connectivity index (χ0v) is 19.0. The molecule has 5 nitrogen and oxygen atoms in total. The number of hydrogen-bond donors (Lipinski definition) is 1. The van der Waals surface area contributed by atoms with E-state index < -0.39 is 12.1 Å². The van der Waals surface area contributed by atoms with Gasteiger partial charge in [-0.3, -0.25) is 4.79 Å². The smallest absolute Gasteiger partial charge is 0.344 e. The van der Waals surface area contributed by atoms with Gasteiger partial charge in [0.1, 0.15) is 11.5 Å². The Bertz CT molecular complexity index is 842. The third-order valence-electron chi connectivity index (χ3n) is 3.58. The lowest BCUT2D eigenvalue weighted by Crippen LogP contribution is -2.23. The maximum Gasteiger partial charge on any atom is 0.344 e.